The summed E-state index contributed by atoms with van der Waals surface area (Å²) in [6, 6.07) is 2.66. The summed E-state index contributed by atoms with van der Waals surface area (Å²) in [5, 5.41) is 0. The molecule has 1 aliphatic carbocycles. The van der Waals surface area contributed by atoms with Gasteiger partial charge in [0, 0.05) is 18.8 Å². The summed E-state index contributed by atoms with van der Waals surface area (Å²) in [6.45, 7) is 4.42. The Labute approximate surface area is 127 Å². The van der Waals surface area contributed by atoms with Gasteiger partial charge in [0.15, 0.2) is 0 Å². The first-order valence-corrected chi connectivity index (χ1v) is 8.04. The molecule has 1 aromatic heterocycles. The van der Waals surface area contributed by atoms with Crippen LogP contribution < -0.4 is 10.6 Å². The summed E-state index contributed by atoms with van der Waals surface area (Å²) in [6.07, 6.45) is 6.86. The molecule has 0 bridgehead atoms. The van der Waals surface area contributed by atoms with Crippen LogP contribution in [0.4, 0.5) is 5.82 Å². The molecule has 1 aliphatic rings. The van der Waals surface area contributed by atoms with Gasteiger partial charge in [0.05, 0.1) is 5.56 Å². The van der Waals surface area contributed by atoms with E-state index in [1.54, 1.807) is 0 Å². The number of fused-ring (bicyclic) bond motifs is 1. The van der Waals surface area contributed by atoms with Crippen molar-refractivity contribution >= 4 is 23.0 Å². The third kappa shape index (κ3) is 2.95. The quantitative estimate of drug-likeness (QED) is 0.846. The van der Waals surface area contributed by atoms with Gasteiger partial charge in [0.1, 0.15) is 10.8 Å². The fraction of sp³-hybridized carbons (Fsp3) is 0.625. The van der Waals surface area contributed by atoms with E-state index in [9.17, 15) is 0 Å². The van der Waals surface area contributed by atoms with Crippen LogP contribution in [0.5, 0.6) is 0 Å². The van der Waals surface area contributed by atoms with Crippen LogP contribution in [0.2, 0.25) is 0 Å². The Morgan fingerprint density at radius 1 is 1.35 bits per heavy atom. The highest BCUT2D eigenvalue weighted by Crippen LogP contribution is 2.28. The topological polar surface area (TPSA) is 42.2 Å². The first-order chi connectivity index (χ1) is 9.58. The molecule has 2 rings (SSSR count). The van der Waals surface area contributed by atoms with Crippen molar-refractivity contribution in [1.29, 1.82) is 0 Å². The molecule has 0 fully saturated rings. The molecule has 0 atom stereocenters. The second-order valence-corrected chi connectivity index (χ2v) is 6.06. The Morgan fingerprint density at radius 2 is 2.00 bits per heavy atom. The second kappa shape index (κ2) is 6.53. The lowest BCUT2D eigenvalue weighted by Crippen LogP contribution is -2.33. The van der Waals surface area contributed by atoms with Crippen LogP contribution in [-0.2, 0) is 12.8 Å². The van der Waals surface area contributed by atoms with Crippen molar-refractivity contribution in [2.45, 2.75) is 58.4 Å². The molecular formula is C16H25N3S. The van der Waals surface area contributed by atoms with Gasteiger partial charge in [-0.2, -0.15) is 0 Å². The maximum absolute atomic E-state index is 5.93. The minimum atomic E-state index is 0.457. The number of hydrogen-bond donors (Lipinski definition) is 1. The van der Waals surface area contributed by atoms with E-state index in [1.165, 1.54) is 24.1 Å². The zero-order valence-corrected chi connectivity index (χ0v) is 13.6. The van der Waals surface area contributed by atoms with Gasteiger partial charge in [0.25, 0.3) is 0 Å². The zero-order chi connectivity index (χ0) is 14.7. The number of anilines is 1. The molecule has 3 nitrogen and oxygen atoms in total. The van der Waals surface area contributed by atoms with Crippen molar-refractivity contribution in [1.82, 2.24) is 4.98 Å². The van der Waals surface area contributed by atoms with Crippen LogP contribution in [0.25, 0.3) is 0 Å². The van der Waals surface area contributed by atoms with Crippen molar-refractivity contribution in [3.05, 3.63) is 22.9 Å². The van der Waals surface area contributed by atoms with Crippen molar-refractivity contribution in [2.24, 2.45) is 5.73 Å². The summed E-state index contributed by atoms with van der Waals surface area (Å²) in [5.74, 6) is 0.965. The number of nitrogens with two attached hydrogens (primary N) is 1. The third-order valence-corrected chi connectivity index (χ3v) is 4.59. The highest BCUT2D eigenvalue weighted by atomic mass is 32.1. The average Bonchev–Trinajstić information content (AvgIpc) is 2.46. The van der Waals surface area contributed by atoms with Crippen LogP contribution in [0.15, 0.2) is 6.07 Å². The van der Waals surface area contributed by atoms with Gasteiger partial charge in [-0.1, -0.05) is 26.1 Å². The largest absolute Gasteiger partial charge is 0.389 e. The first-order valence-electron chi connectivity index (χ1n) is 7.63. The molecule has 0 saturated heterocycles. The fourth-order valence-electron chi connectivity index (χ4n) is 3.08. The molecule has 4 heteroatoms. The van der Waals surface area contributed by atoms with E-state index < -0.39 is 0 Å². The predicted octanol–water partition coefficient (Wildman–Crippen LogP) is 3.22. The van der Waals surface area contributed by atoms with Gasteiger partial charge < -0.3 is 10.6 Å². The molecule has 0 aliphatic heterocycles. The number of nitrogens with zero attached hydrogens (tertiary/aromatic N) is 2. The number of aryl methyl sites for hydroxylation is 2. The van der Waals surface area contributed by atoms with Crippen LogP contribution in [0.1, 0.15) is 56.4 Å². The SMILES string of the molecule is CCC(CC)N(C)c1nc2c(cc1C(N)=S)CCCC2. The molecule has 0 aromatic carbocycles. The number of aromatic nitrogens is 1. The van der Waals surface area contributed by atoms with Gasteiger partial charge in [-0.15, -0.1) is 0 Å². The van der Waals surface area contributed by atoms with Crippen LogP contribution >= 0.6 is 12.2 Å². The number of pyridine rings is 1. The van der Waals surface area contributed by atoms with Gasteiger partial charge in [-0.3, -0.25) is 0 Å². The summed E-state index contributed by atoms with van der Waals surface area (Å²) in [5.41, 5.74) is 9.45. The molecule has 2 N–H and O–H groups in total. The third-order valence-electron chi connectivity index (χ3n) is 4.37. The Morgan fingerprint density at radius 3 is 2.60 bits per heavy atom. The molecule has 0 radical (unpaired) electrons. The van der Waals surface area contributed by atoms with Crippen molar-refractivity contribution in [3.63, 3.8) is 0 Å². The van der Waals surface area contributed by atoms with Gasteiger partial charge in [-0.25, -0.2) is 4.98 Å². The van der Waals surface area contributed by atoms with E-state index in [-0.39, 0.29) is 0 Å². The summed E-state index contributed by atoms with van der Waals surface area (Å²) in [4.78, 5) is 7.62. The Kier molecular flexibility index (Phi) is 4.97. The second-order valence-electron chi connectivity index (χ2n) is 5.62. The van der Waals surface area contributed by atoms with Crippen LogP contribution in [0, 0.1) is 0 Å². The lowest BCUT2D eigenvalue weighted by molar-refractivity contribution is 0.583. The first kappa shape index (κ1) is 15.2. The lowest BCUT2D eigenvalue weighted by atomic mass is 9.94. The normalized spacial score (nSPS) is 14.2. The zero-order valence-electron chi connectivity index (χ0n) is 12.8. The molecule has 110 valence electrons. The molecule has 0 spiro atoms. The number of rotatable bonds is 5. The van der Waals surface area contributed by atoms with E-state index in [4.69, 9.17) is 22.9 Å². The molecule has 1 heterocycles. The smallest absolute Gasteiger partial charge is 0.139 e. The van der Waals surface area contributed by atoms with Crippen molar-refractivity contribution in [3.8, 4) is 0 Å². The highest BCUT2D eigenvalue weighted by Gasteiger charge is 2.21. The van der Waals surface area contributed by atoms with E-state index in [0.717, 1.165) is 37.1 Å². The van der Waals surface area contributed by atoms with Gasteiger partial charge in [0.2, 0.25) is 0 Å². The lowest BCUT2D eigenvalue weighted by Gasteiger charge is -2.30. The fourth-order valence-corrected chi connectivity index (χ4v) is 3.23. The average molecular weight is 291 g/mol. The van der Waals surface area contributed by atoms with Gasteiger partial charge in [-0.05, 0) is 50.2 Å². The number of thiocarbonyl (C=S) groups is 1. The van der Waals surface area contributed by atoms with Crippen molar-refractivity contribution < 1.29 is 0 Å². The molecule has 0 unspecified atom stereocenters. The Balaban J connectivity index is 2.47. The molecule has 0 amide bonds. The maximum atomic E-state index is 5.93. The Hall–Kier alpha value is -1.16. The summed E-state index contributed by atoms with van der Waals surface area (Å²) in [7, 11) is 2.11. The van der Waals surface area contributed by atoms with Crippen molar-refractivity contribution in [2.75, 3.05) is 11.9 Å². The van der Waals surface area contributed by atoms with E-state index in [2.05, 4.69) is 31.9 Å². The monoisotopic (exact) mass is 291 g/mol. The van der Waals surface area contributed by atoms with E-state index in [1.807, 2.05) is 0 Å². The molecule has 20 heavy (non-hydrogen) atoms. The highest BCUT2D eigenvalue weighted by molar-refractivity contribution is 7.80. The minimum Gasteiger partial charge on any atom is -0.389 e. The van der Waals surface area contributed by atoms with Crippen LogP contribution in [-0.4, -0.2) is 23.1 Å². The standard InChI is InChI=1S/C16H25N3S/c1-4-12(5-2)19(3)16-13(15(17)20)10-11-8-6-7-9-14(11)18-16/h10,12H,4-9H2,1-3H3,(H2,17,20). The minimum absolute atomic E-state index is 0.457. The summed E-state index contributed by atoms with van der Waals surface area (Å²) < 4.78 is 0. The molecule has 0 saturated carbocycles. The van der Waals surface area contributed by atoms with E-state index in [0.29, 0.717) is 11.0 Å². The number of hydrogen-bond acceptors (Lipinski definition) is 3. The van der Waals surface area contributed by atoms with Gasteiger partial charge >= 0.3 is 0 Å². The van der Waals surface area contributed by atoms with Crippen LogP contribution in [0.3, 0.4) is 0 Å². The Bertz CT molecular complexity index is 495. The maximum Gasteiger partial charge on any atom is 0.139 e. The predicted molar refractivity (Wildman–Crippen MR) is 89.5 cm³/mol. The van der Waals surface area contributed by atoms with E-state index >= 15 is 0 Å². The molecule has 1 aromatic rings. The molecular weight excluding hydrogens is 266 g/mol. The summed E-state index contributed by atoms with van der Waals surface area (Å²) >= 11 is 5.24.